The maximum absolute atomic E-state index is 12.1. The van der Waals surface area contributed by atoms with Gasteiger partial charge >= 0.3 is 17.6 Å². The van der Waals surface area contributed by atoms with E-state index in [1.807, 2.05) is 6.92 Å². The highest BCUT2D eigenvalue weighted by Crippen LogP contribution is 2.27. The first kappa shape index (κ1) is 22.3. The van der Waals surface area contributed by atoms with E-state index in [0.717, 1.165) is 6.07 Å². The van der Waals surface area contributed by atoms with Crippen molar-refractivity contribution in [2.75, 3.05) is 25.6 Å². The van der Waals surface area contributed by atoms with Crippen LogP contribution in [0.3, 0.4) is 0 Å². The summed E-state index contributed by atoms with van der Waals surface area (Å²) in [5, 5.41) is 13.5. The minimum absolute atomic E-state index is 0.00341. The van der Waals surface area contributed by atoms with E-state index in [4.69, 9.17) is 14.2 Å². The van der Waals surface area contributed by atoms with E-state index >= 15 is 0 Å². The minimum atomic E-state index is -0.898. The fourth-order valence-corrected chi connectivity index (χ4v) is 2.34. The summed E-state index contributed by atoms with van der Waals surface area (Å²) in [6.45, 7) is 1.60. The van der Waals surface area contributed by atoms with Gasteiger partial charge in [0.15, 0.2) is 12.4 Å². The van der Waals surface area contributed by atoms with Crippen molar-refractivity contribution in [2.24, 2.45) is 0 Å². The van der Waals surface area contributed by atoms with E-state index in [9.17, 15) is 24.5 Å². The van der Waals surface area contributed by atoms with Crippen LogP contribution in [-0.4, -0.2) is 43.1 Å². The highest BCUT2D eigenvalue weighted by atomic mass is 16.6. The number of amides is 1. The van der Waals surface area contributed by atoms with Gasteiger partial charge in [-0.05, 0) is 42.8 Å². The van der Waals surface area contributed by atoms with Crippen molar-refractivity contribution >= 4 is 29.2 Å². The van der Waals surface area contributed by atoms with Gasteiger partial charge < -0.3 is 19.5 Å². The summed E-state index contributed by atoms with van der Waals surface area (Å²) in [5.74, 6) is -1.98. The molecular weight excluding hydrogens is 396 g/mol. The Bertz CT molecular complexity index is 940. The van der Waals surface area contributed by atoms with Crippen LogP contribution in [0.15, 0.2) is 42.5 Å². The summed E-state index contributed by atoms with van der Waals surface area (Å²) >= 11 is 0. The van der Waals surface area contributed by atoms with Gasteiger partial charge in [-0.1, -0.05) is 6.92 Å². The summed E-state index contributed by atoms with van der Waals surface area (Å²) in [7, 11) is 1.27. The number of benzene rings is 2. The first-order valence-corrected chi connectivity index (χ1v) is 8.92. The molecule has 2 aromatic rings. The summed E-state index contributed by atoms with van der Waals surface area (Å²) in [5.41, 5.74) is 0.247. The van der Waals surface area contributed by atoms with Crippen LogP contribution >= 0.6 is 0 Å². The highest BCUT2D eigenvalue weighted by molar-refractivity contribution is 5.96. The lowest BCUT2D eigenvalue weighted by molar-refractivity contribution is -0.385. The number of carbonyl (C=O) groups is 3. The van der Waals surface area contributed by atoms with Gasteiger partial charge in [0, 0.05) is 11.8 Å². The summed E-state index contributed by atoms with van der Waals surface area (Å²) in [4.78, 5) is 46.1. The third-order valence-corrected chi connectivity index (χ3v) is 3.79. The molecule has 1 N–H and O–H groups in total. The van der Waals surface area contributed by atoms with Gasteiger partial charge in [-0.2, -0.15) is 0 Å². The zero-order valence-electron chi connectivity index (χ0n) is 16.4. The van der Waals surface area contributed by atoms with E-state index < -0.39 is 35.1 Å². The van der Waals surface area contributed by atoms with E-state index in [-0.39, 0.29) is 11.3 Å². The van der Waals surface area contributed by atoms with Gasteiger partial charge in [0.25, 0.3) is 5.91 Å². The molecule has 0 fully saturated rings. The van der Waals surface area contributed by atoms with Crippen molar-refractivity contribution in [1.82, 2.24) is 0 Å². The van der Waals surface area contributed by atoms with Crippen molar-refractivity contribution < 1.29 is 33.5 Å². The molecule has 30 heavy (non-hydrogen) atoms. The molecule has 2 rings (SSSR count). The zero-order chi connectivity index (χ0) is 22.1. The number of nitro benzene ring substituents is 1. The number of ether oxygens (including phenoxy) is 3. The number of esters is 2. The quantitative estimate of drug-likeness (QED) is 0.375. The summed E-state index contributed by atoms with van der Waals surface area (Å²) in [6.07, 6.45) is 0.711. The van der Waals surface area contributed by atoms with Crippen molar-refractivity contribution in [3.8, 4) is 5.75 Å². The Hall–Kier alpha value is -3.95. The number of nitrogens with one attached hydrogen (secondary N) is 1. The van der Waals surface area contributed by atoms with Crippen LogP contribution < -0.4 is 10.1 Å². The molecule has 0 aliphatic heterocycles. The molecule has 10 heteroatoms. The van der Waals surface area contributed by atoms with Gasteiger partial charge in [-0.3, -0.25) is 14.9 Å². The maximum atomic E-state index is 12.1. The monoisotopic (exact) mass is 416 g/mol. The van der Waals surface area contributed by atoms with Gasteiger partial charge in [-0.15, -0.1) is 0 Å². The van der Waals surface area contributed by atoms with Gasteiger partial charge in [0.1, 0.15) is 0 Å². The normalized spacial score (nSPS) is 10.1. The second kappa shape index (κ2) is 10.6. The van der Waals surface area contributed by atoms with Crippen LogP contribution in [0.1, 0.15) is 34.1 Å². The predicted molar refractivity (Wildman–Crippen MR) is 106 cm³/mol. The molecule has 1 amide bonds. The Morgan fingerprint density at radius 3 is 2.23 bits per heavy atom. The van der Waals surface area contributed by atoms with Crippen molar-refractivity contribution in [2.45, 2.75) is 13.3 Å². The van der Waals surface area contributed by atoms with Crippen molar-refractivity contribution in [3.63, 3.8) is 0 Å². The predicted octanol–water partition coefficient (Wildman–Crippen LogP) is 2.97. The number of hydrogen-bond acceptors (Lipinski definition) is 8. The van der Waals surface area contributed by atoms with Crippen molar-refractivity contribution in [1.29, 1.82) is 0 Å². The highest BCUT2D eigenvalue weighted by Gasteiger charge is 2.19. The minimum Gasteiger partial charge on any atom is -0.490 e. The molecule has 0 bridgehead atoms. The lowest BCUT2D eigenvalue weighted by Crippen LogP contribution is -2.21. The molecule has 0 aliphatic carbocycles. The van der Waals surface area contributed by atoms with Crippen LogP contribution in [0.4, 0.5) is 11.4 Å². The lowest BCUT2D eigenvalue weighted by Gasteiger charge is -2.08. The Balaban J connectivity index is 1.91. The number of rotatable bonds is 9. The molecule has 0 aromatic heterocycles. The van der Waals surface area contributed by atoms with E-state index in [0.29, 0.717) is 24.3 Å². The molecule has 0 saturated heterocycles. The number of anilines is 1. The second-order valence-corrected chi connectivity index (χ2v) is 5.98. The number of carbonyl (C=O) groups excluding carboxylic acids is 3. The van der Waals surface area contributed by atoms with Gasteiger partial charge in [0.2, 0.25) is 0 Å². The molecule has 10 nitrogen and oxygen atoms in total. The Kier molecular flexibility index (Phi) is 7.86. The smallest absolute Gasteiger partial charge is 0.338 e. The number of methoxy groups -OCH3 is 1. The molecule has 0 aliphatic rings. The first-order valence-electron chi connectivity index (χ1n) is 8.92. The third kappa shape index (κ3) is 6.03. The Morgan fingerprint density at radius 2 is 1.63 bits per heavy atom. The fraction of sp³-hybridized carbons (Fsp3) is 0.250. The number of hydrogen-bond donors (Lipinski definition) is 1. The van der Waals surface area contributed by atoms with Gasteiger partial charge in [-0.25, -0.2) is 9.59 Å². The molecule has 0 radical (unpaired) electrons. The molecule has 0 heterocycles. The van der Waals surface area contributed by atoms with Crippen LogP contribution in [-0.2, 0) is 14.3 Å². The fourth-order valence-electron chi connectivity index (χ4n) is 2.34. The van der Waals surface area contributed by atoms with Crippen LogP contribution in [0, 0.1) is 10.1 Å². The Morgan fingerprint density at radius 1 is 1.00 bits per heavy atom. The van der Waals surface area contributed by atoms with E-state index in [2.05, 4.69) is 5.32 Å². The lowest BCUT2D eigenvalue weighted by atomic mass is 10.2. The molecular formula is C20H20N2O8. The number of nitro groups is 1. The SMILES string of the molecule is CCCOC(=O)c1ccc(NC(=O)COC(=O)c2ccc(OC)c([N+](=O)[O-])c2)cc1. The second-order valence-electron chi connectivity index (χ2n) is 5.98. The summed E-state index contributed by atoms with van der Waals surface area (Å²) in [6, 6.07) is 9.58. The van der Waals surface area contributed by atoms with Gasteiger partial charge in [0.05, 0.1) is 29.8 Å². The molecule has 0 saturated carbocycles. The van der Waals surface area contributed by atoms with Crippen molar-refractivity contribution in [3.05, 3.63) is 63.7 Å². The number of nitrogens with zero attached hydrogens (tertiary/aromatic N) is 1. The average molecular weight is 416 g/mol. The third-order valence-electron chi connectivity index (χ3n) is 3.79. The molecule has 0 unspecified atom stereocenters. The topological polar surface area (TPSA) is 134 Å². The standard InChI is InChI=1S/C20H20N2O8/c1-3-10-29-19(24)13-4-7-15(8-5-13)21-18(23)12-30-20(25)14-6-9-17(28-2)16(11-14)22(26)27/h4-9,11H,3,10,12H2,1-2H3,(H,21,23). The molecule has 158 valence electrons. The molecule has 0 spiro atoms. The largest absolute Gasteiger partial charge is 0.490 e. The van der Waals surface area contributed by atoms with E-state index in [1.165, 1.54) is 43.5 Å². The summed E-state index contributed by atoms with van der Waals surface area (Å²) < 4.78 is 14.8. The van der Waals surface area contributed by atoms with Crippen LogP contribution in [0.2, 0.25) is 0 Å². The van der Waals surface area contributed by atoms with E-state index in [1.54, 1.807) is 0 Å². The average Bonchev–Trinajstić information content (AvgIpc) is 2.75. The molecule has 0 atom stereocenters. The first-order chi connectivity index (χ1) is 14.3. The van der Waals surface area contributed by atoms with Crippen LogP contribution in [0.25, 0.3) is 0 Å². The Labute approximate surface area is 171 Å². The maximum Gasteiger partial charge on any atom is 0.338 e. The molecule has 2 aromatic carbocycles. The zero-order valence-corrected chi connectivity index (χ0v) is 16.4. The van der Waals surface area contributed by atoms with Crippen LogP contribution in [0.5, 0.6) is 5.75 Å².